The van der Waals surface area contributed by atoms with Crippen LogP contribution in [0.3, 0.4) is 0 Å². The van der Waals surface area contributed by atoms with Crippen LogP contribution in [0.1, 0.15) is 28.8 Å². The quantitative estimate of drug-likeness (QED) is 0.696. The molecular weight excluding hydrogens is 304 g/mol. The van der Waals surface area contributed by atoms with Crippen molar-refractivity contribution in [1.29, 1.82) is 0 Å². The third kappa shape index (κ3) is 2.08. The van der Waals surface area contributed by atoms with Crippen LogP contribution in [-0.2, 0) is 16.1 Å². The molecule has 1 aliphatic heterocycles. The highest BCUT2D eigenvalue weighted by molar-refractivity contribution is 6.03. The minimum Gasteiger partial charge on any atom is -0.467 e. The van der Waals surface area contributed by atoms with Crippen molar-refractivity contribution in [3.05, 3.63) is 53.6 Å². The first-order valence-corrected chi connectivity index (χ1v) is 7.94. The zero-order chi connectivity index (χ0) is 16.9. The van der Waals surface area contributed by atoms with Gasteiger partial charge in [0.1, 0.15) is 5.54 Å². The number of carbonyl (C=O) groups excluding carboxylic acids is 2. The predicted molar refractivity (Wildman–Crippen MR) is 90.1 cm³/mol. The molecule has 1 fully saturated rings. The number of nitrogens with zero attached hydrogens (tertiary/aromatic N) is 1. The number of ether oxygens (including phenoxy) is 1. The van der Waals surface area contributed by atoms with E-state index in [2.05, 4.69) is 0 Å². The summed E-state index contributed by atoms with van der Waals surface area (Å²) in [7, 11) is 1.37. The third-order valence-corrected chi connectivity index (χ3v) is 4.96. The molecule has 24 heavy (non-hydrogen) atoms. The van der Waals surface area contributed by atoms with Crippen molar-refractivity contribution in [3.8, 4) is 11.1 Å². The Kier molecular flexibility index (Phi) is 3.13. The van der Waals surface area contributed by atoms with Crippen LogP contribution >= 0.6 is 0 Å². The van der Waals surface area contributed by atoms with Gasteiger partial charge in [0.05, 0.1) is 7.11 Å². The Hall–Kier alpha value is -2.82. The number of carbonyl (C=O) groups is 2. The number of methoxy groups -OCH3 is 1. The summed E-state index contributed by atoms with van der Waals surface area (Å²) in [6.07, 6.45) is 1.34. The summed E-state index contributed by atoms with van der Waals surface area (Å²) in [5, 5.41) is 0. The van der Waals surface area contributed by atoms with Gasteiger partial charge in [0.15, 0.2) is 0 Å². The van der Waals surface area contributed by atoms with Crippen LogP contribution in [-0.4, -0.2) is 29.4 Å². The summed E-state index contributed by atoms with van der Waals surface area (Å²) >= 11 is 0. The average Bonchev–Trinajstić information content (AvgIpc) is 3.34. The van der Waals surface area contributed by atoms with Gasteiger partial charge in [-0.25, -0.2) is 4.79 Å². The summed E-state index contributed by atoms with van der Waals surface area (Å²) in [4.78, 5) is 26.6. The van der Waals surface area contributed by atoms with Crippen molar-refractivity contribution in [3.63, 3.8) is 0 Å². The summed E-state index contributed by atoms with van der Waals surface area (Å²) in [6, 6.07) is 13.4. The molecule has 0 saturated heterocycles. The maximum absolute atomic E-state index is 12.8. The fourth-order valence-electron chi connectivity index (χ4n) is 3.39. The molecule has 2 aromatic carbocycles. The predicted octanol–water partition coefficient (Wildman–Crippen LogP) is 2.60. The smallest absolute Gasteiger partial charge is 0.331 e. The lowest BCUT2D eigenvalue weighted by molar-refractivity contribution is -0.147. The molecule has 2 N–H and O–H groups in total. The molecular formula is C19H18N2O3. The minimum absolute atomic E-state index is 0.0924. The second-order valence-corrected chi connectivity index (χ2v) is 6.41. The molecule has 1 heterocycles. The second kappa shape index (κ2) is 5.09. The highest BCUT2D eigenvalue weighted by Crippen LogP contribution is 2.47. The van der Waals surface area contributed by atoms with Crippen LogP contribution in [0.25, 0.3) is 11.1 Å². The molecule has 5 heteroatoms. The fourth-order valence-corrected chi connectivity index (χ4v) is 3.39. The molecule has 0 bridgehead atoms. The molecule has 0 radical (unpaired) electrons. The fraction of sp³-hybridized carbons (Fsp3) is 0.263. The lowest BCUT2D eigenvalue weighted by Crippen LogP contribution is -2.44. The standard InChI is InChI=1S/C19H18N2O3/c1-24-18(23)19(8-9-19)21-11-14-3-2-13(10-16(14)17(21)22)12-4-6-15(20)7-5-12/h2-7,10H,8-9,11,20H2,1H3. The number of nitrogen functional groups attached to an aromatic ring is 1. The van der Waals surface area contributed by atoms with Gasteiger partial charge in [-0.3, -0.25) is 4.79 Å². The first kappa shape index (κ1) is 14.8. The monoisotopic (exact) mass is 322 g/mol. The second-order valence-electron chi connectivity index (χ2n) is 6.41. The molecule has 1 saturated carbocycles. The van der Waals surface area contributed by atoms with Crippen LogP contribution in [0.4, 0.5) is 5.69 Å². The van der Waals surface area contributed by atoms with E-state index in [1.165, 1.54) is 7.11 Å². The van der Waals surface area contributed by atoms with E-state index in [1.807, 2.05) is 42.5 Å². The zero-order valence-corrected chi connectivity index (χ0v) is 13.4. The van der Waals surface area contributed by atoms with Gasteiger partial charge in [-0.1, -0.05) is 24.3 Å². The van der Waals surface area contributed by atoms with Crippen LogP contribution < -0.4 is 5.73 Å². The van der Waals surface area contributed by atoms with Crippen molar-refractivity contribution in [1.82, 2.24) is 4.90 Å². The molecule has 0 atom stereocenters. The summed E-state index contributed by atoms with van der Waals surface area (Å²) in [5.74, 6) is -0.410. The van der Waals surface area contributed by atoms with Crippen molar-refractivity contribution in [2.24, 2.45) is 0 Å². The average molecular weight is 322 g/mol. The largest absolute Gasteiger partial charge is 0.467 e. The lowest BCUT2D eigenvalue weighted by atomic mass is 10.0. The Morgan fingerprint density at radius 2 is 1.79 bits per heavy atom. The Labute approximate surface area is 140 Å². The summed E-state index contributed by atoms with van der Waals surface area (Å²) in [6.45, 7) is 0.464. The number of fused-ring (bicyclic) bond motifs is 1. The molecule has 1 aliphatic carbocycles. The minimum atomic E-state index is -0.758. The van der Waals surface area contributed by atoms with Crippen molar-refractivity contribution < 1.29 is 14.3 Å². The van der Waals surface area contributed by atoms with Crippen LogP contribution in [0.15, 0.2) is 42.5 Å². The summed E-state index contributed by atoms with van der Waals surface area (Å²) in [5.41, 5.74) is 9.26. The number of amides is 1. The Morgan fingerprint density at radius 3 is 2.42 bits per heavy atom. The van der Waals surface area contributed by atoms with Gasteiger partial charge in [0.2, 0.25) is 0 Å². The Morgan fingerprint density at radius 1 is 1.12 bits per heavy atom. The number of anilines is 1. The normalized spacial score (nSPS) is 17.5. The zero-order valence-electron chi connectivity index (χ0n) is 13.4. The van der Waals surface area contributed by atoms with E-state index in [1.54, 1.807) is 4.90 Å². The first-order chi connectivity index (χ1) is 11.5. The van der Waals surface area contributed by atoms with E-state index in [4.69, 9.17) is 10.5 Å². The number of esters is 1. The van der Waals surface area contributed by atoms with Crippen LogP contribution in [0, 0.1) is 0 Å². The first-order valence-electron chi connectivity index (χ1n) is 7.94. The number of benzene rings is 2. The van der Waals surface area contributed by atoms with E-state index in [-0.39, 0.29) is 11.9 Å². The van der Waals surface area contributed by atoms with Crippen LogP contribution in [0.2, 0.25) is 0 Å². The number of rotatable bonds is 3. The van der Waals surface area contributed by atoms with E-state index >= 15 is 0 Å². The highest BCUT2D eigenvalue weighted by atomic mass is 16.5. The van der Waals surface area contributed by atoms with Crippen molar-refractivity contribution in [2.75, 3.05) is 12.8 Å². The third-order valence-electron chi connectivity index (χ3n) is 4.96. The molecule has 2 aliphatic rings. The molecule has 0 spiro atoms. The maximum Gasteiger partial charge on any atom is 0.331 e. The Balaban J connectivity index is 1.68. The highest BCUT2D eigenvalue weighted by Gasteiger charge is 2.59. The van der Waals surface area contributed by atoms with E-state index in [9.17, 15) is 9.59 Å². The van der Waals surface area contributed by atoms with Gasteiger partial charge in [-0.05, 0) is 47.7 Å². The molecule has 122 valence electrons. The molecule has 1 amide bonds. The number of hydrogen-bond acceptors (Lipinski definition) is 4. The SMILES string of the molecule is COC(=O)C1(N2Cc3ccc(-c4ccc(N)cc4)cc3C2=O)CC1. The van der Waals surface area contributed by atoms with Gasteiger partial charge >= 0.3 is 5.97 Å². The van der Waals surface area contributed by atoms with Gasteiger partial charge < -0.3 is 15.4 Å². The van der Waals surface area contributed by atoms with E-state index in [0.29, 0.717) is 30.6 Å². The molecule has 2 aromatic rings. The van der Waals surface area contributed by atoms with Gasteiger partial charge in [-0.15, -0.1) is 0 Å². The van der Waals surface area contributed by atoms with Crippen molar-refractivity contribution >= 4 is 17.6 Å². The van der Waals surface area contributed by atoms with E-state index in [0.717, 1.165) is 16.7 Å². The van der Waals surface area contributed by atoms with Gasteiger partial charge in [-0.2, -0.15) is 0 Å². The van der Waals surface area contributed by atoms with E-state index < -0.39 is 5.54 Å². The number of hydrogen-bond donors (Lipinski definition) is 1. The van der Waals surface area contributed by atoms with Gasteiger partial charge in [0.25, 0.3) is 5.91 Å². The summed E-state index contributed by atoms with van der Waals surface area (Å²) < 4.78 is 4.90. The lowest BCUT2D eigenvalue weighted by Gasteiger charge is -2.25. The Bertz CT molecular complexity index is 838. The molecule has 5 nitrogen and oxygen atoms in total. The van der Waals surface area contributed by atoms with Gasteiger partial charge in [0, 0.05) is 17.8 Å². The van der Waals surface area contributed by atoms with Crippen molar-refractivity contribution in [2.45, 2.75) is 24.9 Å². The molecule has 4 rings (SSSR count). The maximum atomic E-state index is 12.8. The molecule has 0 aromatic heterocycles. The molecule has 0 unspecified atom stereocenters. The number of nitrogens with two attached hydrogens (primary N) is 1. The van der Waals surface area contributed by atoms with Crippen LogP contribution in [0.5, 0.6) is 0 Å². The topological polar surface area (TPSA) is 72.6 Å².